The van der Waals surface area contributed by atoms with Crippen LogP contribution in [0.25, 0.3) is 0 Å². The molecule has 1 aliphatic heterocycles. The van der Waals surface area contributed by atoms with Crippen LogP contribution in [-0.4, -0.2) is 52.8 Å². The van der Waals surface area contributed by atoms with Crippen LogP contribution in [0.1, 0.15) is 17.3 Å². The van der Waals surface area contributed by atoms with Crippen molar-refractivity contribution in [3.63, 3.8) is 0 Å². The second kappa shape index (κ2) is 4.53. The smallest absolute Gasteiger partial charge is 0.254 e. The lowest BCUT2D eigenvalue weighted by Gasteiger charge is -2.37. The standard InChI is InChI=1S/C12H15N3O2/c1-9-11(16)14(2)7-8-15(9)12(17)10-3-5-13-6-4-10/h3-6,9H,7-8H2,1-2H3. The lowest BCUT2D eigenvalue weighted by molar-refractivity contribution is -0.137. The summed E-state index contributed by atoms with van der Waals surface area (Å²) in [6.45, 7) is 2.92. The van der Waals surface area contributed by atoms with Crippen molar-refractivity contribution in [2.24, 2.45) is 0 Å². The van der Waals surface area contributed by atoms with Crippen LogP contribution in [0.15, 0.2) is 24.5 Å². The van der Waals surface area contributed by atoms with E-state index >= 15 is 0 Å². The molecule has 0 bridgehead atoms. The van der Waals surface area contributed by atoms with E-state index < -0.39 is 6.04 Å². The van der Waals surface area contributed by atoms with Crippen LogP contribution in [0, 0.1) is 0 Å². The van der Waals surface area contributed by atoms with Crippen LogP contribution in [0.4, 0.5) is 0 Å². The number of hydrogen-bond acceptors (Lipinski definition) is 3. The van der Waals surface area contributed by atoms with E-state index in [2.05, 4.69) is 4.98 Å². The van der Waals surface area contributed by atoms with Gasteiger partial charge in [-0.3, -0.25) is 14.6 Å². The number of hydrogen-bond donors (Lipinski definition) is 0. The van der Waals surface area contributed by atoms with Crippen LogP contribution < -0.4 is 0 Å². The molecule has 1 saturated heterocycles. The SMILES string of the molecule is CC1C(=O)N(C)CCN1C(=O)c1ccncc1. The summed E-state index contributed by atoms with van der Waals surface area (Å²) in [7, 11) is 1.76. The number of carbonyl (C=O) groups excluding carboxylic acids is 2. The molecule has 5 nitrogen and oxygen atoms in total. The van der Waals surface area contributed by atoms with Gasteiger partial charge in [-0.2, -0.15) is 0 Å². The monoisotopic (exact) mass is 233 g/mol. The molecule has 0 saturated carbocycles. The second-order valence-electron chi connectivity index (χ2n) is 4.17. The van der Waals surface area contributed by atoms with Gasteiger partial charge in [0.15, 0.2) is 0 Å². The Balaban J connectivity index is 2.18. The topological polar surface area (TPSA) is 53.5 Å². The predicted molar refractivity (Wildman–Crippen MR) is 62.4 cm³/mol. The van der Waals surface area contributed by atoms with Crippen molar-refractivity contribution in [2.45, 2.75) is 13.0 Å². The molecular formula is C12H15N3O2. The average Bonchev–Trinajstić information content (AvgIpc) is 2.36. The average molecular weight is 233 g/mol. The summed E-state index contributed by atoms with van der Waals surface area (Å²) in [4.78, 5) is 31.1. The van der Waals surface area contributed by atoms with E-state index in [4.69, 9.17) is 0 Å². The molecule has 5 heteroatoms. The van der Waals surface area contributed by atoms with Gasteiger partial charge in [-0.1, -0.05) is 0 Å². The molecule has 1 unspecified atom stereocenters. The molecule has 1 aliphatic rings. The highest BCUT2D eigenvalue weighted by Gasteiger charge is 2.32. The number of piperazine rings is 1. The van der Waals surface area contributed by atoms with Gasteiger partial charge in [-0.25, -0.2) is 0 Å². The third-order valence-corrected chi connectivity index (χ3v) is 3.07. The highest BCUT2D eigenvalue weighted by atomic mass is 16.2. The third-order valence-electron chi connectivity index (χ3n) is 3.07. The van der Waals surface area contributed by atoms with Crippen LogP contribution in [0.2, 0.25) is 0 Å². The Bertz CT molecular complexity index is 433. The predicted octanol–water partition coefficient (Wildman–Crippen LogP) is 0.384. The minimum Gasteiger partial charge on any atom is -0.342 e. The van der Waals surface area contributed by atoms with Gasteiger partial charge in [0.25, 0.3) is 5.91 Å². The molecule has 1 fully saturated rings. The number of likely N-dealkylation sites (N-methyl/N-ethyl adjacent to an activating group) is 1. The summed E-state index contributed by atoms with van der Waals surface area (Å²) < 4.78 is 0. The van der Waals surface area contributed by atoms with Gasteiger partial charge < -0.3 is 9.80 Å². The normalized spacial score (nSPS) is 20.6. The minimum atomic E-state index is -0.394. The molecular weight excluding hydrogens is 218 g/mol. The Kier molecular flexibility index (Phi) is 3.08. The fourth-order valence-corrected chi connectivity index (χ4v) is 1.95. The van der Waals surface area contributed by atoms with E-state index in [-0.39, 0.29) is 11.8 Å². The highest BCUT2D eigenvalue weighted by Crippen LogP contribution is 2.13. The zero-order chi connectivity index (χ0) is 12.4. The molecule has 0 spiro atoms. The molecule has 1 atom stereocenters. The highest BCUT2D eigenvalue weighted by molar-refractivity contribution is 5.97. The van der Waals surface area contributed by atoms with Crippen molar-refractivity contribution < 1.29 is 9.59 Å². The molecule has 0 aliphatic carbocycles. The van der Waals surface area contributed by atoms with Gasteiger partial charge in [0, 0.05) is 38.1 Å². The fraction of sp³-hybridized carbons (Fsp3) is 0.417. The molecule has 1 aromatic rings. The summed E-state index contributed by atoms with van der Waals surface area (Å²) in [6.07, 6.45) is 3.16. The Hall–Kier alpha value is -1.91. The van der Waals surface area contributed by atoms with Crippen molar-refractivity contribution in [3.05, 3.63) is 30.1 Å². The van der Waals surface area contributed by atoms with Gasteiger partial charge in [0.05, 0.1) is 0 Å². The Labute approximate surface area is 100 Å². The Morgan fingerprint density at radius 3 is 2.65 bits per heavy atom. The number of carbonyl (C=O) groups is 2. The molecule has 2 heterocycles. The van der Waals surface area contributed by atoms with E-state index in [1.54, 1.807) is 48.3 Å². The summed E-state index contributed by atoms with van der Waals surface area (Å²) in [5.74, 6) is -0.125. The van der Waals surface area contributed by atoms with Crippen molar-refractivity contribution in [2.75, 3.05) is 20.1 Å². The van der Waals surface area contributed by atoms with E-state index in [1.807, 2.05) is 0 Å². The molecule has 0 radical (unpaired) electrons. The zero-order valence-corrected chi connectivity index (χ0v) is 9.96. The molecule has 2 rings (SSSR count). The van der Waals surface area contributed by atoms with Crippen LogP contribution in [0.3, 0.4) is 0 Å². The maximum absolute atomic E-state index is 12.2. The summed E-state index contributed by atoms with van der Waals surface area (Å²) in [5, 5.41) is 0. The maximum Gasteiger partial charge on any atom is 0.254 e. The van der Waals surface area contributed by atoms with E-state index in [9.17, 15) is 9.59 Å². The Morgan fingerprint density at radius 2 is 2.00 bits per heavy atom. The Morgan fingerprint density at radius 1 is 1.35 bits per heavy atom. The first-order chi connectivity index (χ1) is 8.11. The lowest BCUT2D eigenvalue weighted by atomic mass is 10.1. The van der Waals surface area contributed by atoms with Crippen LogP contribution in [0.5, 0.6) is 0 Å². The summed E-state index contributed by atoms with van der Waals surface area (Å²) >= 11 is 0. The molecule has 0 aromatic carbocycles. The van der Waals surface area contributed by atoms with Gasteiger partial charge in [0.1, 0.15) is 6.04 Å². The largest absolute Gasteiger partial charge is 0.342 e. The number of rotatable bonds is 1. The molecule has 2 amide bonds. The fourth-order valence-electron chi connectivity index (χ4n) is 1.95. The minimum absolute atomic E-state index is 0.0151. The van der Waals surface area contributed by atoms with Gasteiger partial charge in [-0.15, -0.1) is 0 Å². The molecule has 17 heavy (non-hydrogen) atoms. The maximum atomic E-state index is 12.2. The number of nitrogens with zero attached hydrogens (tertiary/aromatic N) is 3. The molecule has 1 aromatic heterocycles. The first-order valence-corrected chi connectivity index (χ1v) is 5.57. The first-order valence-electron chi connectivity index (χ1n) is 5.57. The first kappa shape index (κ1) is 11.6. The molecule has 90 valence electrons. The van der Waals surface area contributed by atoms with Crippen molar-refractivity contribution in [1.82, 2.24) is 14.8 Å². The zero-order valence-electron chi connectivity index (χ0n) is 9.96. The quantitative estimate of drug-likeness (QED) is 0.705. The van der Waals surface area contributed by atoms with E-state index in [0.717, 1.165) is 0 Å². The van der Waals surface area contributed by atoms with Crippen LogP contribution in [-0.2, 0) is 4.79 Å². The molecule has 0 N–H and O–H groups in total. The van der Waals surface area contributed by atoms with Crippen molar-refractivity contribution >= 4 is 11.8 Å². The lowest BCUT2D eigenvalue weighted by Crippen LogP contribution is -2.56. The van der Waals surface area contributed by atoms with Gasteiger partial charge in [0.2, 0.25) is 5.91 Å². The number of amides is 2. The van der Waals surface area contributed by atoms with Crippen molar-refractivity contribution in [3.8, 4) is 0 Å². The van der Waals surface area contributed by atoms with Gasteiger partial charge in [-0.05, 0) is 19.1 Å². The van der Waals surface area contributed by atoms with E-state index in [1.165, 1.54) is 0 Å². The summed E-state index contributed by atoms with van der Waals surface area (Å²) in [6, 6.07) is 2.94. The number of aromatic nitrogens is 1. The summed E-state index contributed by atoms with van der Waals surface area (Å²) in [5.41, 5.74) is 0.573. The van der Waals surface area contributed by atoms with Crippen LogP contribution >= 0.6 is 0 Å². The van der Waals surface area contributed by atoms with Crippen molar-refractivity contribution in [1.29, 1.82) is 0 Å². The third kappa shape index (κ3) is 2.13. The second-order valence-corrected chi connectivity index (χ2v) is 4.17. The van der Waals surface area contributed by atoms with E-state index in [0.29, 0.717) is 18.7 Å². The number of pyridine rings is 1. The van der Waals surface area contributed by atoms with Gasteiger partial charge >= 0.3 is 0 Å².